The molecule has 0 saturated carbocycles. The first kappa shape index (κ1) is 14.0. The number of nitrogens with one attached hydrogen (secondary N) is 1. The molecule has 0 spiro atoms. The molecule has 104 valence electrons. The number of anilines is 1. The molecule has 0 aliphatic carbocycles. The van der Waals surface area contributed by atoms with E-state index >= 15 is 0 Å². The Bertz CT molecular complexity index is 465. The monoisotopic (exact) mass is 266 g/mol. The number of halogens is 1. The SMILES string of the molecule is CCC1OCCC1C(=O)Nc1ccc(CN)cc1F. The zero-order valence-electron chi connectivity index (χ0n) is 11.0. The molecule has 1 saturated heterocycles. The second-order valence-corrected chi connectivity index (χ2v) is 4.72. The third-order valence-corrected chi connectivity index (χ3v) is 3.48. The van der Waals surface area contributed by atoms with Gasteiger partial charge in [-0.15, -0.1) is 0 Å². The van der Waals surface area contributed by atoms with Crippen LogP contribution in [0.1, 0.15) is 25.3 Å². The summed E-state index contributed by atoms with van der Waals surface area (Å²) >= 11 is 0. The first-order chi connectivity index (χ1) is 9.15. The van der Waals surface area contributed by atoms with Crippen molar-refractivity contribution in [2.45, 2.75) is 32.4 Å². The van der Waals surface area contributed by atoms with Crippen LogP contribution in [-0.2, 0) is 16.1 Å². The summed E-state index contributed by atoms with van der Waals surface area (Å²) in [4.78, 5) is 12.1. The first-order valence-corrected chi connectivity index (χ1v) is 6.56. The zero-order valence-corrected chi connectivity index (χ0v) is 11.0. The standard InChI is InChI=1S/C14H19FN2O2/c1-2-13-10(5-6-19-13)14(18)17-12-4-3-9(8-16)7-11(12)15/h3-4,7,10,13H,2,5-6,8,16H2,1H3,(H,17,18). The molecule has 1 heterocycles. The van der Waals surface area contributed by atoms with Crippen LogP contribution in [0.15, 0.2) is 18.2 Å². The molecule has 0 aromatic heterocycles. The molecule has 19 heavy (non-hydrogen) atoms. The van der Waals surface area contributed by atoms with Crippen LogP contribution in [0.2, 0.25) is 0 Å². The van der Waals surface area contributed by atoms with Crippen LogP contribution < -0.4 is 11.1 Å². The highest BCUT2D eigenvalue weighted by molar-refractivity contribution is 5.93. The van der Waals surface area contributed by atoms with Crippen LogP contribution in [0.3, 0.4) is 0 Å². The predicted molar refractivity (Wildman–Crippen MR) is 71.1 cm³/mol. The van der Waals surface area contributed by atoms with Crippen molar-refractivity contribution in [3.63, 3.8) is 0 Å². The number of benzene rings is 1. The van der Waals surface area contributed by atoms with Crippen LogP contribution >= 0.6 is 0 Å². The van der Waals surface area contributed by atoms with Crippen molar-refractivity contribution in [3.05, 3.63) is 29.6 Å². The van der Waals surface area contributed by atoms with Gasteiger partial charge in [0.05, 0.1) is 17.7 Å². The smallest absolute Gasteiger partial charge is 0.230 e. The van der Waals surface area contributed by atoms with E-state index in [1.165, 1.54) is 6.07 Å². The summed E-state index contributed by atoms with van der Waals surface area (Å²) in [5, 5.41) is 2.63. The first-order valence-electron chi connectivity index (χ1n) is 6.56. The van der Waals surface area contributed by atoms with Gasteiger partial charge in [-0.05, 0) is 30.5 Å². The number of hydrogen-bond acceptors (Lipinski definition) is 3. The number of amides is 1. The molecule has 1 aromatic rings. The van der Waals surface area contributed by atoms with Crippen LogP contribution in [0, 0.1) is 11.7 Å². The molecule has 2 rings (SSSR count). The van der Waals surface area contributed by atoms with Crippen molar-refractivity contribution in [1.29, 1.82) is 0 Å². The van der Waals surface area contributed by atoms with E-state index in [2.05, 4.69) is 5.32 Å². The van der Waals surface area contributed by atoms with Crippen molar-refractivity contribution < 1.29 is 13.9 Å². The Balaban J connectivity index is 2.06. The number of ether oxygens (including phenoxy) is 1. The number of carbonyl (C=O) groups is 1. The minimum Gasteiger partial charge on any atom is -0.377 e. The van der Waals surface area contributed by atoms with E-state index < -0.39 is 5.82 Å². The molecule has 5 heteroatoms. The Morgan fingerprint density at radius 1 is 1.58 bits per heavy atom. The van der Waals surface area contributed by atoms with Gasteiger partial charge in [0.1, 0.15) is 5.82 Å². The Kier molecular flexibility index (Phi) is 4.50. The van der Waals surface area contributed by atoms with Gasteiger partial charge < -0.3 is 15.8 Å². The summed E-state index contributed by atoms with van der Waals surface area (Å²) in [5.41, 5.74) is 6.33. The fraction of sp³-hybridized carbons (Fsp3) is 0.500. The lowest BCUT2D eigenvalue weighted by Crippen LogP contribution is -2.29. The summed E-state index contributed by atoms with van der Waals surface area (Å²) in [6.07, 6.45) is 1.41. The lowest BCUT2D eigenvalue weighted by molar-refractivity contribution is -0.121. The Hall–Kier alpha value is -1.46. The quantitative estimate of drug-likeness (QED) is 0.876. The molecule has 1 amide bonds. The van der Waals surface area contributed by atoms with Gasteiger partial charge >= 0.3 is 0 Å². The van der Waals surface area contributed by atoms with E-state index in [-0.39, 0.29) is 30.2 Å². The van der Waals surface area contributed by atoms with E-state index in [0.29, 0.717) is 18.6 Å². The fourth-order valence-corrected chi connectivity index (χ4v) is 2.36. The Morgan fingerprint density at radius 2 is 2.37 bits per heavy atom. The Morgan fingerprint density at radius 3 is 3.00 bits per heavy atom. The van der Waals surface area contributed by atoms with Gasteiger partial charge in [-0.2, -0.15) is 0 Å². The van der Waals surface area contributed by atoms with E-state index in [0.717, 1.165) is 6.42 Å². The number of rotatable bonds is 4. The van der Waals surface area contributed by atoms with Gasteiger partial charge in [0.2, 0.25) is 5.91 Å². The molecule has 0 bridgehead atoms. The summed E-state index contributed by atoms with van der Waals surface area (Å²) in [6, 6.07) is 4.60. The molecular weight excluding hydrogens is 247 g/mol. The maximum absolute atomic E-state index is 13.8. The average Bonchev–Trinajstić information content (AvgIpc) is 2.89. The third-order valence-electron chi connectivity index (χ3n) is 3.48. The Labute approximate surface area is 112 Å². The third kappa shape index (κ3) is 3.11. The molecule has 1 fully saturated rings. The molecular formula is C14H19FN2O2. The van der Waals surface area contributed by atoms with E-state index in [9.17, 15) is 9.18 Å². The highest BCUT2D eigenvalue weighted by atomic mass is 19.1. The van der Waals surface area contributed by atoms with Gasteiger partial charge in [-0.25, -0.2) is 4.39 Å². The fourth-order valence-electron chi connectivity index (χ4n) is 2.36. The molecule has 1 aliphatic rings. The average molecular weight is 266 g/mol. The molecule has 2 unspecified atom stereocenters. The summed E-state index contributed by atoms with van der Waals surface area (Å²) < 4.78 is 19.2. The largest absolute Gasteiger partial charge is 0.377 e. The summed E-state index contributed by atoms with van der Waals surface area (Å²) in [5.74, 6) is -0.828. The normalized spacial score (nSPS) is 22.5. The maximum atomic E-state index is 13.8. The van der Waals surface area contributed by atoms with Crippen LogP contribution in [0.5, 0.6) is 0 Å². The number of hydrogen-bond donors (Lipinski definition) is 2. The van der Waals surface area contributed by atoms with Crippen molar-refractivity contribution in [1.82, 2.24) is 0 Å². The molecule has 3 N–H and O–H groups in total. The van der Waals surface area contributed by atoms with Gasteiger partial charge in [-0.3, -0.25) is 4.79 Å². The van der Waals surface area contributed by atoms with Gasteiger partial charge in [-0.1, -0.05) is 13.0 Å². The van der Waals surface area contributed by atoms with Crippen molar-refractivity contribution in [2.75, 3.05) is 11.9 Å². The molecule has 0 radical (unpaired) electrons. The second-order valence-electron chi connectivity index (χ2n) is 4.72. The molecule has 2 atom stereocenters. The van der Waals surface area contributed by atoms with Gasteiger partial charge in [0.25, 0.3) is 0 Å². The summed E-state index contributed by atoms with van der Waals surface area (Å²) in [7, 11) is 0. The topological polar surface area (TPSA) is 64.3 Å². The van der Waals surface area contributed by atoms with Crippen LogP contribution in [0.4, 0.5) is 10.1 Å². The predicted octanol–water partition coefficient (Wildman–Crippen LogP) is 2.04. The maximum Gasteiger partial charge on any atom is 0.230 e. The van der Waals surface area contributed by atoms with E-state index in [4.69, 9.17) is 10.5 Å². The highest BCUT2D eigenvalue weighted by Gasteiger charge is 2.32. The van der Waals surface area contributed by atoms with E-state index in [1.54, 1.807) is 12.1 Å². The lowest BCUT2D eigenvalue weighted by Gasteiger charge is -2.16. The van der Waals surface area contributed by atoms with Crippen LogP contribution in [-0.4, -0.2) is 18.6 Å². The second kappa shape index (κ2) is 6.12. The van der Waals surface area contributed by atoms with E-state index in [1.807, 2.05) is 6.92 Å². The minimum atomic E-state index is -0.455. The number of carbonyl (C=O) groups excluding carboxylic acids is 1. The zero-order chi connectivity index (χ0) is 13.8. The van der Waals surface area contributed by atoms with Gasteiger partial charge in [0, 0.05) is 13.2 Å². The molecule has 4 nitrogen and oxygen atoms in total. The molecule has 1 aromatic carbocycles. The molecule has 1 aliphatic heterocycles. The van der Waals surface area contributed by atoms with Crippen molar-refractivity contribution >= 4 is 11.6 Å². The van der Waals surface area contributed by atoms with Crippen molar-refractivity contribution in [2.24, 2.45) is 11.7 Å². The van der Waals surface area contributed by atoms with Gasteiger partial charge in [0.15, 0.2) is 0 Å². The minimum absolute atomic E-state index is 0.0635. The number of nitrogens with two attached hydrogens (primary N) is 1. The highest BCUT2D eigenvalue weighted by Crippen LogP contribution is 2.25. The van der Waals surface area contributed by atoms with Crippen LogP contribution in [0.25, 0.3) is 0 Å². The summed E-state index contributed by atoms with van der Waals surface area (Å²) in [6.45, 7) is 2.84. The van der Waals surface area contributed by atoms with Crippen molar-refractivity contribution in [3.8, 4) is 0 Å². The lowest BCUT2D eigenvalue weighted by atomic mass is 9.98.